The number of hydrogen-bond donors (Lipinski definition) is 1. The van der Waals surface area contributed by atoms with Crippen LogP contribution in [-0.2, 0) is 5.75 Å². The summed E-state index contributed by atoms with van der Waals surface area (Å²) >= 11 is 1.61. The highest BCUT2D eigenvalue weighted by atomic mass is 32.2. The Bertz CT molecular complexity index is 1110. The number of amides is 1. The van der Waals surface area contributed by atoms with E-state index in [1.54, 1.807) is 23.9 Å². The molecule has 4 rings (SSSR count). The van der Waals surface area contributed by atoms with Crippen molar-refractivity contribution in [1.29, 1.82) is 0 Å². The Kier molecular flexibility index (Phi) is 5.99. The molecule has 0 saturated carbocycles. The minimum absolute atomic E-state index is 0.266. The quantitative estimate of drug-likeness (QED) is 0.430. The van der Waals surface area contributed by atoms with Crippen LogP contribution < -0.4 is 5.32 Å². The third-order valence-electron chi connectivity index (χ3n) is 4.64. The van der Waals surface area contributed by atoms with Gasteiger partial charge in [-0.25, -0.2) is 0 Å². The molecule has 7 heteroatoms. The van der Waals surface area contributed by atoms with Crippen LogP contribution >= 0.6 is 11.8 Å². The fourth-order valence-electron chi connectivity index (χ4n) is 3.05. The lowest BCUT2D eigenvalue weighted by atomic mass is 10.2. The van der Waals surface area contributed by atoms with E-state index < -0.39 is 0 Å². The van der Waals surface area contributed by atoms with Crippen molar-refractivity contribution in [2.45, 2.75) is 30.8 Å². The third-order valence-corrected chi connectivity index (χ3v) is 5.64. The average Bonchev–Trinajstić information content (AvgIpc) is 3.44. The first kappa shape index (κ1) is 20.0. The van der Waals surface area contributed by atoms with Crippen LogP contribution in [0.15, 0.2) is 82.6 Å². The highest BCUT2D eigenvalue weighted by molar-refractivity contribution is 7.98. The lowest BCUT2D eigenvalue weighted by Crippen LogP contribution is -2.28. The van der Waals surface area contributed by atoms with Gasteiger partial charge in [0.25, 0.3) is 5.91 Å². The standard InChI is InChI=1S/C23H22N4O2S/c1-16-10-12-19(13-11-16)27-21(17(2)24-22(28)20-9-6-14-29-20)25-26-23(27)30-15-18-7-4-3-5-8-18/h3-14,17H,15H2,1-2H3,(H,24,28)/t17-/m1/s1. The van der Waals surface area contributed by atoms with Crippen molar-refractivity contribution < 1.29 is 9.21 Å². The molecule has 0 spiro atoms. The summed E-state index contributed by atoms with van der Waals surface area (Å²) in [6.45, 7) is 3.94. The molecule has 0 aliphatic heterocycles. The van der Waals surface area contributed by atoms with Gasteiger partial charge >= 0.3 is 0 Å². The van der Waals surface area contributed by atoms with Crippen molar-refractivity contribution >= 4 is 17.7 Å². The van der Waals surface area contributed by atoms with Gasteiger partial charge in [-0.3, -0.25) is 9.36 Å². The Labute approximate surface area is 179 Å². The van der Waals surface area contributed by atoms with E-state index in [1.165, 1.54) is 17.4 Å². The number of thioether (sulfide) groups is 1. The number of nitrogens with zero attached hydrogens (tertiary/aromatic N) is 3. The molecule has 0 bridgehead atoms. The van der Waals surface area contributed by atoms with Crippen LogP contribution in [0.5, 0.6) is 0 Å². The lowest BCUT2D eigenvalue weighted by Gasteiger charge is -2.16. The molecule has 0 saturated heterocycles. The number of benzene rings is 2. The summed E-state index contributed by atoms with van der Waals surface area (Å²) in [5.74, 6) is 1.42. The molecule has 0 aliphatic rings. The molecule has 152 valence electrons. The SMILES string of the molecule is Cc1ccc(-n2c(SCc3ccccc3)nnc2[C@@H](C)NC(=O)c2ccco2)cc1. The van der Waals surface area contributed by atoms with Gasteiger partial charge in [0.15, 0.2) is 16.7 Å². The van der Waals surface area contributed by atoms with Gasteiger partial charge in [-0.1, -0.05) is 59.8 Å². The zero-order valence-corrected chi connectivity index (χ0v) is 17.6. The number of carbonyl (C=O) groups is 1. The highest BCUT2D eigenvalue weighted by Crippen LogP contribution is 2.28. The highest BCUT2D eigenvalue weighted by Gasteiger charge is 2.22. The largest absolute Gasteiger partial charge is 0.459 e. The van der Waals surface area contributed by atoms with E-state index in [0.29, 0.717) is 5.82 Å². The summed E-state index contributed by atoms with van der Waals surface area (Å²) in [6.07, 6.45) is 1.48. The van der Waals surface area contributed by atoms with Crippen LogP contribution in [0.25, 0.3) is 5.69 Å². The number of aromatic nitrogens is 3. The molecule has 0 aliphatic carbocycles. The van der Waals surface area contributed by atoms with E-state index in [9.17, 15) is 4.79 Å². The van der Waals surface area contributed by atoms with Gasteiger partial charge in [-0.05, 0) is 43.7 Å². The van der Waals surface area contributed by atoms with Crippen LogP contribution in [0.4, 0.5) is 0 Å². The second-order valence-electron chi connectivity index (χ2n) is 6.96. The summed E-state index contributed by atoms with van der Waals surface area (Å²) in [7, 11) is 0. The van der Waals surface area contributed by atoms with Gasteiger partial charge in [0.05, 0.1) is 12.3 Å². The molecule has 2 heterocycles. The smallest absolute Gasteiger partial charge is 0.287 e. The van der Waals surface area contributed by atoms with E-state index in [2.05, 4.69) is 39.8 Å². The van der Waals surface area contributed by atoms with Crippen molar-refractivity contribution in [2.24, 2.45) is 0 Å². The Balaban J connectivity index is 1.63. The Hall–Kier alpha value is -3.32. The first-order valence-electron chi connectivity index (χ1n) is 9.65. The molecule has 1 N–H and O–H groups in total. The molecule has 4 aromatic rings. The second kappa shape index (κ2) is 9.00. The zero-order valence-electron chi connectivity index (χ0n) is 16.8. The average molecular weight is 419 g/mol. The fourth-order valence-corrected chi connectivity index (χ4v) is 3.97. The van der Waals surface area contributed by atoms with Crippen molar-refractivity contribution in [2.75, 3.05) is 0 Å². The Morgan fingerprint density at radius 3 is 2.53 bits per heavy atom. The van der Waals surface area contributed by atoms with Crippen molar-refractivity contribution in [3.63, 3.8) is 0 Å². The van der Waals surface area contributed by atoms with E-state index in [4.69, 9.17) is 4.42 Å². The molecule has 6 nitrogen and oxygen atoms in total. The van der Waals surface area contributed by atoms with Crippen LogP contribution in [0, 0.1) is 6.92 Å². The second-order valence-corrected chi connectivity index (χ2v) is 7.90. The van der Waals surface area contributed by atoms with Gasteiger partial charge in [0.2, 0.25) is 0 Å². The summed E-state index contributed by atoms with van der Waals surface area (Å²) in [4.78, 5) is 12.4. The predicted molar refractivity (Wildman–Crippen MR) is 117 cm³/mol. The summed E-state index contributed by atoms with van der Waals surface area (Å²) in [5.41, 5.74) is 3.34. The molecule has 0 unspecified atom stereocenters. The first-order chi connectivity index (χ1) is 14.6. The van der Waals surface area contributed by atoms with Crippen molar-refractivity contribution in [1.82, 2.24) is 20.1 Å². The Morgan fingerprint density at radius 1 is 1.07 bits per heavy atom. The monoisotopic (exact) mass is 418 g/mol. The van der Waals surface area contributed by atoms with Gasteiger partial charge in [0, 0.05) is 11.4 Å². The third kappa shape index (κ3) is 4.46. The van der Waals surface area contributed by atoms with Crippen molar-refractivity contribution in [3.8, 4) is 5.69 Å². The van der Waals surface area contributed by atoms with Gasteiger partial charge in [0.1, 0.15) is 0 Å². The van der Waals surface area contributed by atoms with E-state index in [1.807, 2.05) is 48.7 Å². The minimum Gasteiger partial charge on any atom is -0.459 e. The molecule has 0 fully saturated rings. The molecular formula is C23H22N4O2S. The maximum absolute atomic E-state index is 12.4. The van der Waals surface area contributed by atoms with Crippen LogP contribution in [0.2, 0.25) is 0 Å². The molecule has 2 aromatic heterocycles. The fraction of sp³-hybridized carbons (Fsp3) is 0.174. The lowest BCUT2D eigenvalue weighted by molar-refractivity contribution is 0.0910. The minimum atomic E-state index is -0.359. The maximum Gasteiger partial charge on any atom is 0.287 e. The number of aryl methyl sites for hydroxylation is 1. The van der Waals surface area contributed by atoms with Crippen LogP contribution in [0.3, 0.4) is 0 Å². The number of furan rings is 1. The summed E-state index contributed by atoms with van der Waals surface area (Å²) < 4.78 is 7.19. The zero-order chi connectivity index (χ0) is 20.9. The van der Waals surface area contributed by atoms with E-state index in [0.717, 1.165) is 16.6 Å². The number of rotatable bonds is 7. The number of carbonyl (C=O) groups excluding carboxylic acids is 1. The topological polar surface area (TPSA) is 73.0 Å². The molecule has 2 aromatic carbocycles. The number of hydrogen-bond acceptors (Lipinski definition) is 5. The van der Waals surface area contributed by atoms with Gasteiger partial charge in [-0.2, -0.15) is 0 Å². The van der Waals surface area contributed by atoms with E-state index in [-0.39, 0.29) is 17.7 Å². The van der Waals surface area contributed by atoms with Crippen LogP contribution in [0.1, 0.15) is 40.5 Å². The van der Waals surface area contributed by atoms with Gasteiger partial charge < -0.3 is 9.73 Å². The van der Waals surface area contributed by atoms with Gasteiger partial charge in [-0.15, -0.1) is 10.2 Å². The molecule has 1 atom stereocenters. The first-order valence-corrected chi connectivity index (χ1v) is 10.6. The molecule has 0 radical (unpaired) electrons. The molecular weight excluding hydrogens is 396 g/mol. The summed E-state index contributed by atoms with van der Waals surface area (Å²) in [6, 6.07) is 21.4. The molecule has 30 heavy (non-hydrogen) atoms. The maximum atomic E-state index is 12.4. The van der Waals surface area contributed by atoms with Crippen molar-refractivity contribution in [3.05, 3.63) is 95.7 Å². The molecule has 1 amide bonds. The summed E-state index contributed by atoms with van der Waals surface area (Å²) in [5, 5.41) is 12.5. The van der Waals surface area contributed by atoms with Crippen LogP contribution in [-0.4, -0.2) is 20.7 Å². The predicted octanol–water partition coefficient (Wildman–Crippen LogP) is 4.95. The normalized spacial score (nSPS) is 11.9. The Morgan fingerprint density at radius 2 is 1.83 bits per heavy atom. The van der Waals surface area contributed by atoms with E-state index >= 15 is 0 Å². The number of nitrogens with one attached hydrogen (secondary N) is 1.